The highest BCUT2D eigenvalue weighted by Gasteiger charge is 2.20. The fourth-order valence-electron chi connectivity index (χ4n) is 2.83. The molecule has 23 heavy (non-hydrogen) atoms. The van der Waals surface area contributed by atoms with Crippen LogP contribution in [0.5, 0.6) is 0 Å². The van der Waals surface area contributed by atoms with Crippen molar-refractivity contribution >= 4 is 23.2 Å². The number of hydrogen-bond donors (Lipinski definition) is 1. The number of aryl methyl sites for hydroxylation is 2. The van der Waals surface area contributed by atoms with Gasteiger partial charge in [0.2, 0.25) is 11.8 Å². The van der Waals surface area contributed by atoms with Crippen molar-refractivity contribution in [3.8, 4) is 0 Å². The van der Waals surface area contributed by atoms with Crippen molar-refractivity contribution < 1.29 is 9.59 Å². The van der Waals surface area contributed by atoms with Crippen LogP contribution in [0.4, 0.5) is 11.4 Å². The molecule has 0 saturated heterocycles. The van der Waals surface area contributed by atoms with Crippen molar-refractivity contribution in [2.75, 3.05) is 17.3 Å². The summed E-state index contributed by atoms with van der Waals surface area (Å²) in [6.45, 7) is 2.03. The molecule has 0 radical (unpaired) electrons. The zero-order chi connectivity index (χ0) is 16.4. The molecule has 0 spiro atoms. The van der Waals surface area contributed by atoms with Gasteiger partial charge in [0.15, 0.2) is 0 Å². The van der Waals surface area contributed by atoms with Gasteiger partial charge < -0.3 is 10.2 Å². The second-order valence-electron chi connectivity index (χ2n) is 6.01. The van der Waals surface area contributed by atoms with E-state index in [-0.39, 0.29) is 11.8 Å². The lowest BCUT2D eigenvalue weighted by Crippen LogP contribution is -2.31. The summed E-state index contributed by atoms with van der Waals surface area (Å²) in [7, 11) is 1.79. The lowest BCUT2D eigenvalue weighted by molar-refractivity contribution is -0.118. The molecule has 0 atom stereocenters. The molecular weight excluding hydrogens is 288 g/mol. The van der Waals surface area contributed by atoms with E-state index in [0.717, 1.165) is 28.9 Å². The molecule has 3 rings (SSSR count). The van der Waals surface area contributed by atoms with Crippen LogP contribution in [-0.2, 0) is 22.4 Å². The Morgan fingerprint density at radius 3 is 2.61 bits per heavy atom. The van der Waals surface area contributed by atoms with Crippen LogP contribution >= 0.6 is 0 Å². The quantitative estimate of drug-likeness (QED) is 0.947. The van der Waals surface area contributed by atoms with Gasteiger partial charge in [0.25, 0.3) is 0 Å². The second-order valence-corrected chi connectivity index (χ2v) is 6.01. The first-order valence-electron chi connectivity index (χ1n) is 7.78. The molecule has 1 aliphatic heterocycles. The Bertz CT molecular complexity index is 750. The molecule has 118 valence electrons. The third-order valence-electron chi connectivity index (χ3n) is 4.19. The van der Waals surface area contributed by atoms with E-state index in [1.165, 1.54) is 5.56 Å². The fourth-order valence-corrected chi connectivity index (χ4v) is 2.83. The average Bonchev–Trinajstić information content (AvgIpc) is 2.53. The number of hydrogen-bond acceptors (Lipinski definition) is 2. The standard InChI is InChI=1S/C19H20N2O2/c1-13-3-5-14(6-4-13)11-18(22)20-16-8-9-17-15(12-16)7-10-19(23)21(17)2/h3-6,8-9,12H,7,10-11H2,1-2H3,(H,20,22). The number of rotatable bonds is 3. The van der Waals surface area contributed by atoms with Gasteiger partial charge >= 0.3 is 0 Å². The van der Waals surface area contributed by atoms with Crippen LogP contribution in [0.15, 0.2) is 42.5 Å². The molecule has 1 N–H and O–H groups in total. The van der Waals surface area contributed by atoms with Gasteiger partial charge in [0.05, 0.1) is 6.42 Å². The predicted molar refractivity (Wildman–Crippen MR) is 91.7 cm³/mol. The van der Waals surface area contributed by atoms with Crippen LogP contribution in [0.25, 0.3) is 0 Å². The maximum absolute atomic E-state index is 12.2. The number of carbonyl (C=O) groups is 2. The first-order valence-corrected chi connectivity index (χ1v) is 7.78. The summed E-state index contributed by atoms with van der Waals surface area (Å²) < 4.78 is 0. The molecule has 0 unspecified atom stereocenters. The Kier molecular flexibility index (Phi) is 4.15. The fraction of sp³-hybridized carbons (Fsp3) is 0.263. The normalized spacial score (nSPS) is 13.7. The number of fused-ring (bicyclic) bond motifs is 1. The molecule has 0 saturated carbocycles. The average molecular weight is 308 g/mol. The molecule has 0 aromatic heterocycles. The molecule has 2 amide bonds. The summed E-state index contributed by atoms with van der Waals surface area (Å²) in [5.74, 6) is 0.0997. The summed E-state index contributed by atoms with van der Waals surface area (Å²) >= 11 is 0. The van der Waals surface area contributed by atoms with E-state index >= 15 is 0 Å². The third kappa shape index (κ3) is 3.42. The van der Waals surface area contributed by atoms with Gasteiger partial charge in [-0.15, -0.1) is 0 Å². The molecule has 0 fully saturated rings. The lowest BCUT2D eigenvalue weighted by atomic mass is 10.0. The van der Waals surface area contributed by atoms with E-state index < -0.39 is 0 Å². The maximum Gasteiger partial charge on any atom is 0.228 e. The molecule has 0 aliphatic carbocycles. The summed E-state index contributed by atoms with van der Waals surface area (Å²) in [5, 5.41) is 2.94. The molecule has 2 aromatic carbocycles. The first kappa shape index (κ1) is 15.3. The molecule has 2 aromatic rings. The van der Waals surface area contributed by atoms with Crippen molar-refractivity contribution in [1.82, 2.24) is 0 Å². The predicted octanol–water partition coefficient (Wildman–Crippen LogP) is 3.09. The molecule has 0 bridgehead atoms. The van der Waals surface area contributed by atoms with Crippen LogP contribution in [0.2, 0.25) is 0 Å². The van der Waals surface area contributed by atoms with Gasteiger partial charge in [-0.2, -0.15) is 0 Å². The van der Waals surface area contributed by atoms with Crippen molar-refractivity contribution in [2.45, 2.75) is 26.2 Å². The minimum absolute atomic E-state index is 0.0333. The molecular formula is C19H20N2O2. The maximum atomic E-state index is 12.2. The minimum Gasteiger partial charge on any atom is -0.326 e. The van der Waals surface area contributed by atoms with Gasteiger partial charge in [-0.05, 0) is 42.7 Å². The lowest BCUT2D eigenvalue weighted by Gasteiger charge is -2.26. The summed E-state index contributed by atoms with van der Waals surface area (Å²) in [6, 6.07) is 13.7. The smallest absolute Gasteiger partial charge is 0.228 e. The van der Waals surface area contributed by atoms with Crippen LogP contribution in [0, 0.1) is 6.92 Å². The Balaban J connectivity index is 1.69. The molecule has 1 aliphatic rings. The SMILES string of the molecule is Cc1ccc(CC(=O)Nc2ccc3c(c2)CCC(=O)N3C)cc1. The summed E-state index contributed by atoms with van der Waals surface area (Å²) in [4.78, 5) is 25.6. The monoisotopic (exact) mass is 308 g/mol. The van der Waals surface area contributed by atoms with E-state index in [2.05, 4.69) is 5.32 Å². The molecule has 4 nitrogen and oxygen atoms in total. The highest BCUT2D eigenvalue weighted by atomic mass is 16.2. The Morgan fingerprint density at radius 1 is 1.13 bits per heavy atom. The Morgan fingerprint density at radius 2 is 1.87 bits per heavy atom. The highest BCUT2D eigenvalue weighted by Crippen LogP contribution is 2.29. The third-order valence-corrected chi connectivity index (χ3v) is 4.19. The van der Waals surface area contributed by atoms with Crippen molar-refractivity contribution in [3.63, 3.8) is 0 Å². The number of benzene rings is 2. The highest BCUT2D eigenvalue weighted by molar-refractivity contribution is 5.97. The number of anilines is 2. The summed E-state index contributed by atoms with van der Waals surface area (Å²) in [6.07, 6.45) is 1.60. The molecule has 1 heterocycles. The molecule has 4 heteroatoms. The van der Waals surface area contributed by atoms with Crippen LogP contribution < -0.4 is 10.2 Å². The van der Waals surface area contributed by atoms with Crippen molar-refractivity contribution in [3.05, 3.63) is 59.2 Å². The van der Waals surface area contributed by atoms with E-state index in [4.69, 9.17) is 0 Å². The Labute approximate surface area is 136 Å². The van der Waals surface area contributed by atoms with Gasteiger partial charge in [0.1, 0.15) is 0 Å². The second kappa shape index (κ2) is 6.24. The van der Waals surface area contributed by atoms with Gasteiger partial charge in [-0.25, -0.2) is 0 Å². The number of amides is 2. The van der Waals surface area contributed by atoms with Crippen LogP contribution in [0.1, 0.15) is 23.1 Å². The first-order chi connectivity index (χ1) is 11.0. The van der Waals surface area contributed by atoms with Gasteiger partial charge in [-0.3, -0.25) is 9.59 Å². The number of nitrogens with zero attached hydrogens (tertiary/aromatic N) is 1. The van der Waals surface area contributed by atoms with Crippen LogP contribution in [-0.4, -0.2) is 18.9 Å². The topological polar surface area (TPSA) is 49.4 Å². The zero-order valence-electron chi connectivity index (χ0n) is 13.4. The van der Waals surface area contributed by atoms with Crippen molar-refractivity contribution in [1.29, 1.82) is 0 Å². The number of nitrogens with one attached hydrogen (secondary N) is 1. The number of carbonyl (C=O) groups excluding carboxylic acids is 2. The summed E-state index contributed by atoms with van der Waals surface area (Å²) in [5.41, 5.74) is 4.99. The van der Waals surface area contributed by atoms with Gasteiger partial charge in [0, 0.05) is 24.8 Å². The minimum atomic E-state index is -0.0333. The van der Waals surface area contributed by atoms with E-state index in [9.17, 15) is 9.59 Å². The van der Waals surface area contributed by atoms with Crippen LogP contribution in [0.3, 0.4) is 0 Å². The largest absolute Gasteiger partial charge is 0.326 e. The van der Waals surface area contributed by atoms with Crippen molar-refractivity contribution in [2.24, 2.45) is 0 Å². The van der Waals surface area contributed by atoms with E-state index in [1.54, 1.807) is 11.9 Å². The zero-order valence-corrected chi connectivity index (χ0v) is 13.4. The Hall–Kier alpha value is -2.62. The van der Waals surface area contributed by atoms with E-state index in [1.807, 2.05) is 49.4 Å². The van der Waals surface area contributed by atoms with Gasteiger partial charge in [-0.1, -0.05) is 29.8 Å². The van der Waals surface area contributed by atoms with E-state index in [0.29, 0.717) is 12.8 Å².